The fourth-order valence-corrected chi connectivity index (χ4v) is 2.24. The number of hydrogen-bond acceptors (Lipinski definition) is 2. The van der Waals surface area contributed by atoms with Crippen molar-refractivity contribution in [3.63, 3.8) is 0 Å². The average Bonchev–Trinajstić information content (AvgIpc) is 2.96. The summed E-state index contributed by atoms with van der Waals surface area (Å²) in [6.45, 7) is 3.28. The van der Waals surface area contributed by atoms with Crippen molar-refractivity contribution in [3.8, 4) is 0 Å². The summed E-state index contributed by atoms with van der Waals surface area (Å²) in [5, 5.41) is 0. The number of halogens is 3. The minimum absolute atomic E-state index is 0.0849. The fraction of sp³-hybridized carbons (Fsp3) is 1.00. The van der Waals surface area contributed by atoms with E-state index >= 15 is 0 Å². The van der Waals surface area contributed by atoms with Gasteiger partial charge < -0.3 is 5.73 Å². The Bertz CT molecular complexity index is 226. The van der Waals surface area contributed by atoms with Crippen LogP contribution in [0.2, 0.25) is 0 Å². The second-order valence-corrected chi connectivity index (χ2v) is 4.93. The lowest BCUT2D eigenvalue weighted by Crippen LogP contribution is -2.55. The predicted molar refractivity (Wildman–Crippen MR) is 58.2 cm³/mol. The lowest BCUT2D eigenvalue weighted by atomic mass is 9.93. The van der Waals surface area contributed by atoms with Crippen LogP contribution in [0, 0.1) is 0 Å². The Kier molecular flexibility index (Phi) is 4.23. The van der Waals surface area contributed by atoms with E-state index in [-0.39, 0.29) is 12.6 Å². The fourth-order valence-electron chi connectivity index (χ4n) is 2.24. The molecule has 0 aliphatic heterocycles. The minimum Gasteiger partial charge on any atom is -0.329 e. The second-order valence-electron chi connectivity index (χ2n) is 4.93. The third kappa shape index (κ3) is 3.63. The van der Waals surface area contributed by atoms with Crippen molar-refractivity contribution >= 4 is 0 Å². The van der Waals surface area contributed by atoms with Crippen LogP contribution in [-0.2, 0) is 0 Å². The van der Waals surface area contributed by atoms with E-state index in [4.69, 9.17) is 5.73 Å². The van der Waals surface area contributed by atoms with E-state index in [0.29, 0.717) is 0 Å². The van der Waals surface area contributed by atoms with Crippen LogP contribution in [0.25, 0.3) is 0 Å². The number of nitrogens with zero attached hydrogens (tertiary/aromatic N) is 1. The van der Waals surface area contributed by atoms with Gasteiger partial charge in [-0.15, -0.1) is 0 Å². The highest BCUT2D eigenvalue weighted by atomic mass is 19.4. The Labute approximate surface area is 95.0 Å². The summed E-state index contributed by atoms with van der Waals surface area (Å²) in [5.41, 5.74) is 5.16. The molecule has 0 aromatic rings. The molecule has 0 amide bonds. The maximum atomic E-state index is 12.5. The molecular formula is C11H21F3N2. The quantitative estimate of drug-likeness (QED) is 0.770. The maximum Gasteiger partial charge on any atom is 0.401 e. The van der Waals surface area contributed by atoms with Gasteiger partial charge in [-0.2, -0.15) is 13.2 Å². The average molecular weight is 238 g/mol. The first kappa shape index (κ1) is 13.8. The van der Waals surface area contributed by atoms with Crippen LogP contribution in [0.15, 0.2) is 0 Å². The van der Waals surface area contributed by atoms with E-state index in [1.165, 1.54) is 0 Å². The monoisotopic (exact) mass is 238 g/mol. The Hall–Kier alpha value is -0.290. The Balaban J connectivity index is 2.74. The lowest BCUT2D eigenvalue weighted by Gasteiger charge is -2.41. The van der Waals surface area contributed by atoms with Crippen molar-refractivity contribution in [2.45, 2.75) is 57.3 Å². The largest absolute Gasteiger partial charge is 0.401 e. The van der Waals surface area contributed by atoms with Gasteiger partial charge in [0.05, 0.1) is 6.54 Å². The highest BCUT2D eigenvalue weighted by Crippen LogP contribution is 2.37. The maximum absolute atomic E-state index is 12.5. The van der Waals surface area contributed by atoms with Crippen LogP contribution in [0.3, 0.4) is 0 Å². The highest BCUT2D eigenvalue weighted by Gasteiger charge is 2.45. The smallest absolute Gasteiger partial charge is 0.329 e. The molecule has 1 saturated carbocycles. The van der Waals surface area contributed by atoms with Crippen LogP contribution < -0.4 is 5.73 Å². The van der Waals surface area contributed by atoms with Crippen molar-refractivity contribution in [1.29, 1.82) is 0 Å². The van der Waals surface area contributed by atoms with E-state index in [1.54, 1.807) is 4.90 Å². The molecule has 1 aliphatic carbocycles. The van der Waals surface area contributed by atoms with Gasteiger partial charge in [0.1, 0.15) is 0 Å². The summed E-state index contributed by atoms with van der Waals surface area (Å²) in [6, 6.07) is 0.0849. The van der Waals surface area contributed by atoms with E-state index in [9.17, 15) is 13.2 Å². The molecule has 1 fully saturated rings. The van der Waals surface area contributed by atoms with Crippen LogP contribution in [0.4, 0.5) is 13.2 Å². The SMILES string of the molecule is CCCC(C)(CN)N(CC(F)(F)F)C1CC1. The molecule has 0 saturated heterocycles. The molecule has 0 aromatic heterocycles. The number of nitrogens with two attached hydrogens (primary N) is 1. The van der Waals surface area contributed by atoms with E-state index in [2.05, 4.69) is 0 Å². The van der Waals surface area contributed by atoms with Crippen molar-refractivity contribution < 1.29 is 13.2 Å². The first-order valence-corrected chi connectivity index (χ1v) is 5.86. The number of hydrogen-bond donors (Lipinski definition) is 1. The molecule has 0 aromatic carbocycles. The molecule has 0 bridgehead atoms. The van der Waals surface area contributed by atoms with Crippen LogP contribution >= 0.6 is 0 Å². The zero-order chi connectivity index (χ0) is 12.4. The standard InChI is InChI=1S/C11H21F3N2/c1-3-6-10(2,7-15)16(9-4-5-9)8-11(12,13)14/h9H,3-8,15H2,1-2H3. The molecule has 16 heavy (non-hydrogen) atoms. The first-order valence-electron chi connectivity index (χ1n) is 5.86. The van der Waals surface area contributed by atoms with Crippen LogP contribution in [0.1, 0.15) is 39.5 Å². The van der Waals surface area contributed by atoms with Crippen LogP contribution in [0.5, 0.6) is 0 Å². The Morgan fingerprint density at radius 3 is 2.19 bits per heavy atom. The van der Waals surface area contributed by atoms with Crippen LogP contribution in [-0.4, -0.2) is 35.7 Å². The normalized spacial score (nSPS) is 21.2. The van der Waals surface area contributed by atoms with Crippen molar-refractivity contribution in [3.05, 3.63) is 0 Å². The molecule has 96 valence electrons. The van der Waals surface area contributed by atoms with Crippen molar-refractivity contribution in [2.24, 2.45) is 5.73 Å². The van der Waals surface area contributed by atoms with Gasteiger partial charge in [0.25, 0.3) is 0 Å². The van der Waals surface area contributed by atoms with Crippen molar-refractivity contribution in [1.82, 2.24) is 4.90 Å². The molecule has 1 rings (SSSR count). The Morgan fingerprint density at radius 2 is 1.88 bits per heavy atom. The molecule has 0 heterocycles. The molecule has 2 N–H and O–H groups in total. The van der Waals surface area contributed by atoms with Crippen molar-refractivity contribution in [2.75, 3.05) is 13.1 Å². The Morgan fingerprint density at radius 1 is 1.31 bits per heavy atom. The minimum atomic E-state index is -4.13. The molecule has 2 nitrogen and oxygen atoms in total. The topological polar surface area (TPSA) is 29.3 Å². The predicted octanol–water partition coefficient (Wildman–Crippen LogP) is 2.53. The zero-order valence-corrected chi connectivity index (χ0v) is 9.98. The van der Waals surface area contributed by atoms with Gasteiger partial charge in [-0.1, -0.05) is 13.3 Å². The van der Waals surface area contributed by atoms with Gasteiger partial charge in [-0.05, 0) is 26.2 Å². The molecule has 1 aliphatic rings. The summed E-state index contributed by atoms with van der Waals surface area (Å²) in [4.78, 5) is 1.57. The van der Waals surface area contributed by atoms with Gasteiger partial charge in [0, 0.05) is 18.1 Å². The summed E-state index contributed by atoms with van der Waals surface area (Å²) in [7, 11) is 0. The van der Waals surface area contributed by atoms with Gasteiger partial charge in [0.2, 0.25) is 0 Å². The second kappa shape index (κ2) is 4.92. The molecule has 1 unspecified atom stereocenters. The van der Waals surface area contributed by atoms with E-state index in [1.807, 2.05) is 13.8 Å². The molecule has 1 atom stereocenters. The summed E-state index contributed by atoms with van der Waals surface area (Å²) in [6.07, 6.45) is -0.817. The molecule has 0 spiro atoms. The number of alkyl halides is 3. The first-order chi connectivity index (χ1) is 7.32. The summed E-state index contributed by atoms with van der Waals surface area (Å²) in [5.74, 6) is 0. The van der Waals surface area contributed by atoms with Gasteiger partial charge in [-0.25, -0.2) is 0 Å². The molecule has 5 heteroatoms. The summed E-state index contributed by atoms with van der Waals surface area (Å²) < 4.78 is 37.6. The lowest BCUT2D eigenvalue weighted by molar-refractivity contribution is -0.160. The molecular weight excluding hydrogens is 217 g/mol. The number of rotatable bonds is 6. The van der Waals surface area contributed by atoms with Gasteiger partial charge >= 0.3 is 6.18 Å². The third-order valence-electron chi connectivity index (χ3n) is 3.26. The summed E-state index contributed by atoms with van der Waals surface area (Å²) >= 11 is 0. The molecule has 0 radical (unpaired) electrons. The zero-order valence-electron chi connectivity index (χ0n) is 9.98. The van der Waals surface area contributed by atoms with Gasteiger partial charge in [0.15, 0.2) is 0 Å². The van der Waals surface area contributed by atoms with Gasteiger partial charge in [-0.3, -0.25) is 4.90 Å². The van der Waals surface area contributed by atoms with E-state index < -0.39 is 18.3 Å². The highest BCUT2D eigenvalue weighted by molar-refractivity contribution is 4.97. The third-order valence-corrected chi connectivity index (χ3v) is 3.26. The van der Waals surface area contributed by atoms with E-state index in [0.717, 1.165) is 25.7 Å².